The van der Waals surface area contributed by atoms with Crippen LogP contribution in [0.5, 0.6) is 0 Å². The van der Waals surface area contributed by atoms with Crippen molar-refractivity contribution in [1.29, 1.82) is 0 Å². The minimum Gasteiger partial charge on any atom is -0.380 e. The highest BCUT2D eigenvalue weighted by Gasteiger charge is 1.98. The van der Waals surface area contributed by atoms with Crippen LogP contribution in [0, 0.1) is 0 Å². The maximum Gasteiger partial charge on any atom is 0.0727 e. The normalized spacial score (nSPS) is 10.1. The van der Waals surface area contributed by atoms with E-state index in [0.29, 0.717) is 6.61 Å². The molecule has 0 aliphatic rings. The molecular formula is C8H8BrClO. The van der Waals surface area contributed by atoms with Gasteiger partial charge < -0.3 is 4.74 Å². The van der Waals surface area contributed by atoms with Crippen LogP contribution in [0.1, 0.15) is 5.56 Å². The lowest BCUT2D eigenvalue weighted by Gasteiger charge is -2.02. The third-order valence-corrected chi connectivity index (χ3v) is 2.17. The summed E-state index contributed by atoms with van der Waals surface area (Å²) in [4.78, 5) is 0. The molecule has 0 saturated heterocycles. The first-order valence-electron chi connectivity index (χ1n) is 3.17. The fourth-order valence-corrected chi connectivity index (χ4v) is 1.39. The van der Waals surface area contributed by atoms with Gasteiger partial charge in [0.25, 0.3) is 0 Å². The Morgan fingerprint density at radius 3 is 2.91 bits per heavy atom. The van der Waals surface area contributed by atoms with Gasteiger partial charge in [-0.1, -0.05) is 27.5 Å². The van der Waals surface area contributed by atoms with Gasteiger partial charge in [-0.2, -0.15) is 0 Å². The lowest BCUT2D eigenvalue weighted by atomic mass is 10.2. The highest BCUT2D eigenvalue weighted by atomic mass is 79.9. The molecule has 0 aliphatic heterocycles. The van der Waals surface area contributed by atoms with Crippen molar-refractivity contribution in [3.05, 3.63) is 33.3 Å². The number of hydrogen-bond donors (Lipinski definition) is 0. The van der Waals surface area contributed by atoms with Gasteiger partial charge in [0.05, 0.1) is 6.61 Å². The molecule has 0 bridgehead atoms. The number of hydrogen-bond acceptors (Lipinski definition) is 1. The van der Waals surface area contributed by atoms with E-state index in [2.05, 4.69) is 15.9 Å². The third-order valence-electron chi connectivity index (χ3n) is 1.31. The standard InChI is InChI=1S/C8H8BrClO/c1-11-5-6-4-7(9)2-3-8(6)10/h2-4H,5H2,1H3. The highest BCUT2D eigenvalue weighted by Crippen LogP contribution is 2.21. The molecule has 0 saturated carbocycles. The average molecular weight is 236 g/mol. The first-order valence-corrected chi connectivity index (χ1v) is 4.34. The van der Waals surface area contributed by atoms with Crippen LogP contribution in [0.3, 0.4) is 0 Å². The molecule has 0 atom stereocenters. The van der Waals surface area contributed by atoms with E-state index in [1.165, 1.54) is 0 Å². The Bertz CT molecular complexity index is 250. The fraction of sp³-hybridized carbons (Fsp3) is 0.250. The Kier molecular flexibility index (Phi) is 3.37. The molecule has 0 heterocycles. The van der Waals surface area contributed by atoms with Gasteiger partial charge in [-0.15, -0.1) is 0 Å². The van der Waals surface area contributed by atoms with E-state index in [-0.39, 0.29) is 0 Å². The van der Waals surface area contributed by atoms with Gasteiger partial charge in [-0.05, 0) is 23.8 Å². The number of ether oxygens (including phenoxy) is 1. The summed E-state index contributed by atoms with van der Waals surface area (Å²) in [6.07, 6.45) is 0. The van der Waals surface area contributed by atoms with Crippen molar-refractivity contribution in [3.63, 3.8) is 0 Å². The van der Waals surface area contributed by atoms with E-state index in [1.54, 1.807) is 7.11 Å². The summed E-state index contributed by atoms with van der Waals surface area (Å²) in [5, 5.41) is 0.745. The Morgan fingerprint density at radius 2 is 2.27 bits per heavy atom. The second-order valence-electron chi connectivity index (χ2n) is 2.17. The molecule has 0 aliphatic carbocycles. The van der Waals surface area contributed by atoms with Crippen LogP contribution >= 0.6 is 27.5 Å². The molecule has 1 aromatic rings. The van der Waals surface area contributed by atoms with Crippen molar-refractivity contribution in [2.24, 2.45) is 0 Å². The van der Waals surface area contributed by atoms with Gasteiger partial charge in [0.1, 0.15) is 0 Å². The number of methoxy groups -OCH3 is 1. The third kappa shape index (κ3) is 2.47. The molecule has 1 aromatic carbocycles. The van der Waals surface area contributed by atoms with Gasteiger partial charge in [0, 0.05) is 16.6 Å². The fourth-order valence-electron chi connectivity index (χ4n) is 0.809. The maximum absolute atomic E-state index is 5.87. The number of rotatable bonds is 2. The summed E-state index contributed by atoms with van der Waals surface area (Å²) in [6, 6.07) is 5.70. The van der Waals surface area contributed by atoms with E-state index in [0.717, 1.165) is 15.1 Å². The smallest absolute Gasteiger partial charge is 0.0727 e. The Labute approximate surface area is 79.4 Å². The summed E-state index contributed by atoms with van der Waals surface area (Å²) >= 11 is 9.23. The van der Waals surface area contributed by atoms with Crippen LogP contribution < -0.4 is 0 Å². The summed E-state index contributed by atoms with van der Waals surface area (Å²) in [5.74, 6) is 0. The number of halogens is 2. The molecule has 3 heteroatoms. The molecule has 0 radical (unpaired) electrons. The molecule has 0 fully saturated rings. The zero-order chi connectivity index (χ0) is 8.27. The average Bonchev–Trinajstić information content (AvgIpc) is 1.98. The second-order valence-corrected chi connectivity index (χ2v) is 3.49. The first kappa shape index (κ1) is 9.04. The van der Waals surface area contributed by atoms with Crippen molar-refractivity contribution in [3.8, 4) is 0 Å². The minimum absolute atomic E-state index is 0.554. The molecular weight excluding hydrogens is 227 g/mol. The Morgan fingerprint density at radius 1 is 1.55 bits per heavy atom. The molecule has 0 N–H and O–H groups in total. The van der Waals surface area contributed by atoms with Gasteiger partial charge in [0.2, 0.25) is 0 Å². The van der Waals surface area contributed by atoms with Crippen LogP contribution in [0.4, 0.5) is 0 Å². The zero-order valence-corrected chi connectivity index (χ0v) is 8.45. The summed E-state index contributed by atoms with van der Waals surface area (Å²) < 4.78 is 5.98. The minimum atomic E-state index is 0.554. The van der Waals surface area contributed by atoms with Gasteiger partial charge in [-0.3, -0.25) is 0 Å². The lowest BCUT2D eigenvalue weighted by Crippen LogP contribution is -1.87. The molecule has 60 valence electrons. The molecule has 11 heavy (non-hydrogen) atoms. The molecule has 1 nitrogen and oxygen atoms in total. The predicted octanol–water partition coefficient (Wildman–Crippen LogP) is 3.25. The lowest BCUT2D eigenvalue weighted by molar-refractivity contribution is 0.185. The van der Waals surface area contributed by atoms with Crippen LogP contribution in [-0.2, 0) is 11.3 Å². The van der Waals surface area contributed by atoms with Crippen LogP contribution in [-0.4, -0.2) is 7.11 Å². The van der Waals surface area contributed by atoms with Crippen molar-refractivity contribution in [2.75, 3.05) is 7.11 Å². The van der Waals surface area contributed by atoms with Crippen LogP contribution in [0.15, 0.2) is 22.7 Å². The SMILES string of the molecule is COCc1cc(Br)ccc1Cl. The van der Waals surface area contributed by atoms with Crippen LogP contribution in [0.2, 0.25) is 5.02 Å². The van der Waals surface area contributed by atoms with Crippen molar-refractivity contribution in [2.45, 2.75) is 6.61 Å². The van der Waals surface area contributed by atoms with Crippen molar-refractivity contribution in [1.82, 2.24) is 0 Å². The Hall–Kier alpha value is -0.0500. The molecule has 1 rings (SSSR count). The second kappa shape index (κ2) is 4.10. The van der Waals surface area contributed by atoms with Gasteiger partial charge in [-0.25, -0.2) is 0 Å². The highest BCUT2D eigenvalue weighted by molar-refractivity contribution is 9.10. The van der Waals surface area contributed by atoms with Gasteiger partial charge >= 0.3 is 0 Å². The summed E-state index contributed by atoms with van der Waals surface area (Å²) in [6.45, 7) is 0.554. The molecule has 0 aromatic heterocycles. The Balaban J connectivity index is 2.93. The van der Waals surface area contributed by atoms with Gasteiger partial charge in [0.15, 0.2) is 0 Å². The molecule has 0 unspecified atom stereocenters. The molecule has 0 amide bonds. The largest absolute Gasteiger partial charge is 0.380 e. The van der Waals surface area contributed by atoms with E-state index < -0.39 is 0 Å². The zero-order valence-electron chi connectivity index (χ0n) is 6.10. The quantitative estimate of drug-likeness (QED) is 0.765. The monoisotopic (exact) mass is 234 g/mol. The van der Waals surface area contributed by atoms with Crippen molar-refractivity contribution < 1.29 is 4.74 Å². The van der Waals surface area contributed by atoms with E-state index in [9.17, 15) is 0 Å². The van der Waals surface area contributed by atoms with Crippen LogP contribution in [0.25, 0.3) is 0 Å². The predicted molar refractivity (Wildman–Crippen MR) is 49.9 cm³/mol. The summed E-state index contributed by atoms with van der Waals surface area (Å²) in [7, 11) is 1.65. The summed E-state index contributed by atoms with van der Waals surface area (Å²) in [5.41, 5.74) is 1.00. The van der Waals surface area contributed by atoms with E-state index in [1.807, 2.05) is 18.2 Å². The topological polar surface area (TPSA) is 9.23 Å². The van der Waals surface area contributed by atoms with E-state index >= 15 is 0 Å². The van der Waals surface area contributed by atoms with E-state index in [4.69, 9.17) is 16.3 Å². The first-order chi connectivity index (χ1) is 5.24. The maximum atomic E-state index is 5.87. The van der Waals surface area contributed by atoms with Crippen molar-refractivity contribution >= 4 is 27.5 Å². The molecule has 0 spiro atoms. The number of benzene rings is 1.